The highest BCUT2D eigenvalue weighted by Crippen LogP contribution is 2.20. The van der Waals surface area contributed by atoms with Crippen LogP contribution in [0.5, 0.6) is 0 Å². The quantitative estimate of drug-likeness (QED) is 0.851. The summed E-state index contributed by atoms with van der Waals surface area (Å²) in [5, 5.41) is 6.50. The minimum absolute atomic E-state index is 0.506. The molecule has 0 aliphatic rings. The van der Waals surface area contributed by atoms with E-state index in [-0.39, 0.29) is 0 Å². The number of nitrogens with one attached hydrogen (secondary N) is 1. The Balaban J connectivity index is 1.88. The normalized spacial score (nSPS) is 12.5. The van der Waals surface area contributed by atoms with Gasteiger partial charge in [-0.05, 0) is 12.7 Å². The molecule has 102 valence electrons. The van der Waals surface area contributed by atoms with Crippen molar-refractivity contribution in [2.45, 2.75) is 26.4 Å². The topological polar surface area (TPSA) is 50.7 Å². The third-order valence-electron chi connectivity index (χ3n) is 2.54. The molecule has 0 radical (unpaired) electrons. The summed E-state index contributed by atoms with van der Waals surface area (Å²) in [7, 11) is 0. The lowest BCUT2D eigenvalue weighted by molar-refractivity contribution is 0.590. The largest absolute Gasteiger partial charge is 0.308 e. The average molecular weight is 294 g/mol. The van der Waals surface area contributed by atoms with Gasteiger partial charge in [-0.15, -0.1) is 11.3 Å². The van der Waals surface area contributed by atoms with E-state index in [1.165, 1.54) is 5.75 Å². The van der Waals surface area contributed by atoms with Crippen LogP contribution >= 0.6 is 23.1 Å². The maximum Gasteiger partial charge on any atom is 0.143 e. The molecular weight excluding hydrogens is 276 g/mol. The van der Waals surface area contributed by atoms with Crippen molar-refractivity contribution in [1.29, 1.82) is 0 Å². The first kappa shape index (κ1) is 14.4. The lowest BCUT2D eigenvalue weighted by Gasteiger charge is -2.11. The number of rotatable bonds is 7. The van der Waals surface area contributed by atoms with Gasteiger partial charge >= 0.3 is 0 Å². The van der Waals surface area contributed by atoms with E-state index in [9.17, 15) is 0 Å². The predicted octanol–water partition coefficient (Wildman–Crippen LogP) is 2.83. The molecule has 1 N–H and O–H groups in total. The van der Waals surface area contributed by atoms with Crippen molar-refractivity contribution >= 4 is 23.1 Å². The van der Waals surface area contributed by atoms with Crippen LogP contribution in [0.2, 0.25) is 0 Å². The van der Waals surface area contributed by atoms with E-state index in [1.54, 1.807) is 29.9 Å². The summed E-state index contributed by atoms with van der Waals surface area (Å²) in [4.78, 5) is 12.9. The molecule has 0 spiro atoms. The van der Waals surface area contributed by atoms with Gasteiger partial charge in [0.1, 0.15) is 10.7 Å². The highest BCUT2D eigenvalue weighted by atomic mass is 32.2. The molecule has 0 saturated carbocycles. The summed E-state index contributed by atoms with van der Waals surface area (Å²) in [5.41, 5.74) is 1.91. The maximum absolute atomic E-state index is 4.58. The van der Waals surface area contributed by atoms with Gasteiger partial charge in [-0.3, -0.25) is 9.97 Å². The van der Waals surface area contributed by atoms with Crippen molar-refractivity contribution in [2.75, 3.05) is 11.5 Å². The van der Waals surface area contributed by atoms with Crippen molar-refractivity contribution in [3.8, 4) is 10.7 Å². The predicted molar refractivity (Wildman–Crippen MR) is 82.4 cm³/mol. The first-order valence-electron chi connectivity index (χ1n) is 6.31. The third kappa shape index (κ3) is 4.56. The molecule has 2 rings (SSSR count). The second kappa shape index (κ2) is 7.57. The number of thiazole rings is 1. The minimum Gasteiger partial charge on any atom is -0.308 e. The van der Waals surface area contributed by atoms with E-state index in [4.69, 9.17) is 0 Å². The van der Waals surface area contributed by atoms with Crippen molar-refractivity contribution in [3.05, 3.63) is 29.7 Å². The summed E-state index contributed by atoms with van der Waals surface area (Å²) in [6.07, 6.45) is 5.11. The van der Waals surface area contributed by atoms with E-state index in [1.807, 2.05) is 11.8 Å². The molecule has 0 saturated heterocycles. The van der Waals surface area contributed by atoms with Crippen LogP contribution in [0.4, 0.5) is 0 Å². The smallest absolute Gasteiger partial charge is 0.143 e. The van der Waals surface area contributed by atoms with Crippen LogP contribution in [-0.2, 0) is 6.54 Å². The van der Waals surface area contributed by atoms with Gasteiger partial charge in [0.05, 0.1) is 11.9 Å². The first-order chi connectivity index (χ1) is 9.29. The van der Waals surface area contributed by atoms with Crippen LogP contribution in [0.1, 0.15) is 19.5 Å². The monoisotopic (exact) mass is 294 g/mol. The molecule has 1 atom stereocenters. The van der Waals surface area contributed by atoms with E-state index in [0.717, 1.165) is 28.7 Å². The number of aromatic nitrogens is 3. The zero-order valence-corrected chi connectivity index (χ0v) is 12.8. The minimum atomic E-state index is 0.506. The van der Waals surface area contributed by atoms with Crippen LogP contribution in [0.25, 0.3) is 10.7 Å². The van der Waals surface area contributed by atoms with Gasteiger partial charge in [0.25, 0.3) is 0 Å². The molecule has 2 aromatic rings. The second-order valence-electron chi connectivity index (χ2n) is 4.18. The number of thioether (sulfide) groups is 1. The van der Waals surface area contributed by atoms with E-state index in [0.29, 0.717) is 6.04 Å². The lowest BCUT2D eigenvalue weighted by Crippen LogP contribution is -2.27. The average Bonchev–Trinajstić information content (AvgIpc) is 2.93. The van der Waals surface area contributed by atoms with Crippen molar-refractivity contribution in [1.82, 2.24) is 20.3 Å². The van der Waals surface area contributed by atoms with Gasteiger partial charge < -0.3 is 5.32 Å². The van der Waals surface area contributed by atoms with Crippen LogP contribution in [-0.4, -0.2) is 32.5 Å². The Morgan fingerprint density at radius 1 is 1.42 bits per heavy atom. The summed E-state index contributed by atoms with van der Waals surface area (Å²) < 4.78 is 0. The molecule has 0 aromatic carbocycles. The Hall–Kier alpha value is -0.980. The fourth-order valence-corrected chi connectivity index (χ4v) is 3.03. The highest BCUT2D eigenvalue weighted by Gasteiger charge is 2.07. The summed E-state index contributed by atoms with van der Waals surface area (Å²) >= 11 is 3.57. The zero-order valence-electron chi connectivity index (χ0n) is 11.2. The molecule has 2 heterocycles. The Bertz CT molecular complexity index is 486. The third-order valence-corrected chi connectivity index (χ3v) is 4.60. The molecule has 0 aliphatic heterocycles. The van der Waals surface area contributed by atoms with Gasteiger partial charge in [0.15, 0.2) is 0 Å². The molecule has 6 heteroatoms. The Labute approximate surface area is 122 Å². The van der Waals surface area contributed by atoms with Crippen molar-refractivity contribution in [2.24, 2.45) is 0 Å². The van der Waals surface area contributed by atoms with E-state index >= 15 is 0 Å². The molecule has 0 fully saturated rings. The second-order valence-corrected chi connectivity index (χ2v) is 6.35. The Morgan fingerprint density at radius 3 is 3.05 bits per heavy atom. The van der Waals surface area contributed by atoms with E-state index in [2.05, 4.69) is 39.5 Å². The summed E-state index contributed by atoms with van der Waals surface area (Å²) in [6.45, 7) is 5.20. The Kier molecular flexibility index (Phi) is 5.75. The van der Waals surface area contributed by atoms with Gasteiger partial charge in [0, 0.05) is 36.1 Å². The van der Waals surface area contributed by atoms with Gasteiger partial charge in [0.2, 0.25) is 0 Å². The van der Waals surface area contributed by atoms with Gasteiger partial charge in [-0.1, -0.05) is 6.92 Å². The van der Waals surface area contributed by atoms with Gasteiger partial charge in [-0.25, -0.2) is 4.98 Å². The van der Waals surface area contributed by atoms with Gasteiger partial charge in [-0.2, -0.15) is 11.8 Å². The fourth-order valence-electron chi connectivity index (χ4n) is 1.55. The number of nitrogens with zero attached hydrogens (tertiary/aromatic N) is 3. The summed E-state index contributed by atoms with van der Waals surface area (Å²) in [5.74, 6) is 2.30. The SMILES string of the molecule is CCSC[C@@H](C)NCc1csc(-c2cnccn2)n1. The molecule has 0 unspecified atom stereocenters. The molecule has 0 aliphatic carbocycles. The van der Waals surface area contributed by atoms with Crippen molar-refractivity contribution < 1.29 is 0 Å². The summed E-state index contributed by atoms with van der Waals surface area (Å²) in [6, 6.07) is 0.506. The zero-order chi connectivity index (χ0) is 13.5. The van der Waals surface area contributed by atoms with Crippen LogP contribution in [0.3, 0.4) is 0 Å². The molecule has 2 aromatic heterocycles. The van der Waals surface area contributed by atoms with Crippen LogP contribution in [0.15, 0.2) is 24.0 Å². The van der Waals surface area contributed by atoms with E-state index < -0.39 is 0 Å². The Morgan fingerprint density at radius 2 is 2.32 bits per heavy atom. The lowest BCUT2D eigenvalue weighted by atomic mass is 10.3. The van der Waals surface area contributed by atoms with Crippen molar-refractivity contribution in [3.63, 3.8) is 0 Å². The highest BCUT2D eigenvalue weighted by molar-refractivity contribution is 7.99. The van der Waals surface area contributed by atoms with Crippen LogP contribution in [0, 0.1) is 0 Å². The van der Waals surface area contributed by atoms with Crippen LogP contribution < -0.4 is 5.32 Å². The first-order valence-corrected chi connectivity index (χ1v) is 8.35. The molecule has 0 amide bonds. The molecule has 19 heavy (non-hydrogen) atoms. The standard InChI is InChI=1S/C13H18N4S2/c1-3-18-8-10(2)16-6-11-9-19-13(17-11)12-7-14-4-5-15-12/h4-5,7,9-10,16H,3,6,8H2,1-2H3/t10-/m1/s1. The molecule has 4 nitrogen and oxygen atoms in total. The maximum atomic E-state index is 4.58. The number of hydrogen-bond donors (Lipinski definition) is 1. The number of hydrogen-bond acceptors (Lipinski definition) is 6. The molecule has 0 bridgehead atoms. The molecular formula is C13H18N4S2. The fraction of sp³-hybridized carbons (Fsp3) is 0.462.